The molecule has 1 aromatic carbocycles. The summed E-state index contributed by atoms with van der Waals surface area (Å²) in [5.74, 6) is -1.57. The highest BCUT2D eigenvalue weighted by molar-refractivity contribution is 6.11. The van der Waals surface area contributed by atoms with Crippen LogP contribution in [0.1, 0.15) is 22.5 Å². The zero-order chi connectivity index (χ0) is 12.0. The van der Waals surface area contributed by atoms with Crippen LogP contribution in [0.25, 0.3) is 10.9 Å². The smallest absolute Gasteiger partial charge is 0.307 e. The van der Waals surface area contributed by atoms with Crippen molar-refractivity contribution in [2.45, 2.75) is 12.8 Å². The number of benzene rings is 1. The summed E-state index contributed by atoms with van der Waals surface area (Å²) in [4.78, 5) is 26.1. The fourth-order valence-corrected chi connectivity index (χ4v) is 2.49. The minimum absolute atomic E-state index is 0.0731. The number of carbonyl (C=O) groups is 2. The number of H-pyrrole nitrogens is 1. The first kappa shape index (κ1) is 10.1. The molecule has 0 radical (unpaired) electrons. The van der Waals surface area contributed by atoms with E-state index < -0.39 is 11.9 Å². The minimum atomic E-state index is -0.900. The molecule has 0 saturated heterocycles. The van der Waals surface area contributed by atoms with Crippen molar-refractivity contribution in [1.82, 2.24) is 4.98 Å². The molecule has 0 bridgehead atoms. The molecule has 0 fully saturated rings. The first-order valence-electron chi connectivity index (χ1n) is 5.52. The molecule has 4 heteroatoms. The van der Waals surface area contributed by atoms with Crippen LogP contribution in [-0.4, -0.2) is 21.8 Å². The summed E-state index contributed by atoms with van der Waals surface area (Å²) in [6.07, 6.45) is 0.509. The van der Waals surface area contributed by atoms with Gasteiger partial charge in [0.2, 0.25) is 0 Å². The summed E-state index contributed by atoms with van der Waals surface area (Å²) in [6, 6.07) is 7.57. The first-order valence-corrected chi connectivity index (χ1v) is 5.52. The Hall–Kier alpha value is -2.10. The van der Waals surface area contributed by atoms with E-state index in [1.54, 1.807) is 0 Å². The first-order chi connectivity index (χ1) is 8.16. The summed E-state index contributed by atoms with van der Waals surface area (Å²) >= 11 is 0. The number of carboxylic acid groups (broad SMARTS) is 1. The molecular weight excluding hydrogens is 218 g/mol. The number of rotatable bonds is 1. The van der Waals surface area contributed by atoms with Crippen molar-refractivity contribution in [2.24, 2.45) is 5.92 Å². The van der Waals surface area contributed by atoms with E-state index >= 15 is 0 Å². The number of carboxylic acids is 1. The predicted octanol–water partition coefficient (Wildman–Crippen LogP) is 2.00. The van der Waals surface area contributed by atoms with E-state index in [1.807, 2.05) is 24.3 Å². The van der Waals surface area contributed by atoms with Gasteiger partial charge < -0.3 is 10.1 Å². The molecule has 86 valence electrons. The fourth-order valence-electron chi connectivity index (χ4n) is 2.49. The third kappa shape index (κ3) is 1.45. The van der Waals surface area contributed by atoms with Gasteiger partial charge in [-0.3, -0.25) is 9.59 Å². The second kappa shape index (κ2) is 3.45. The van der Waals surface area contributed by atoms with Crippen LogP contribution in [0.4, 0.5) is 0 Å². The van der Waals surface area contributed by atoms with Gasteiger partial charge in [0.05, 0.1) is 5.92 Å². The molecule has 1 atom stereocenters. The van der Waals surface area contributed by atoms with Gasteiger partial charge in [0.15, 0.2) is 5.78 Å². The molecule has 0 aliphatic heterocycles. The molecule has 0 amide bonds. The van der Waals surface area contributed by atoms with Gasteiger partial charge >= 0.3 is 5.97 Å². The molecule has 0 spiro atoms. The number of aromatic nitrogens is 1. The number of Topliss-reactive ketones (excluding diaryl/α,β-unsaturated/α-hetero) is 1. The second-order valence-corrected chi connectivity index (χ2v) is 4.39. The van der Waals surface area contributed by atoms with Crippen molar-refractivity contribution in [3.05, 3.63) is 35.5 Å². The Morgan fingerprint density at radius 2 is 2.06 bits per heavy atom. The molecule has 1 heterocycles. The maximum atomic E-state index is 12.0. The van der Waals surface area contributed by atoms with Crippen LogP contribution < -0.4 is 0 Å². The highest BCUT2D eigenvalue weighted by Crippen LogP contribution is 2.31. The van der Waals surface area contributed by atoms with Crippen molar-refractivity contribution in [3.63, 3.8) is 0 Å². The number of fused-ring (bicyclic) bond motifs is 3. The Bertz CT molecular complexity index is 627. The molecule has 1 aliphatic rings. The van der Waals surface area contributed by atoms with E-state index in [0.717, 1.165) is 16.6 Å². The number of aliphatic carboxylic acids is 1. The Morgan fingerprint density at radius 1 is 1.29 bits per heavy atom. The number of carbonyl (C=O) groups excluding carboxylic acids is 1. The van der Waals surface area contributed by atoms with E-state index in [4.69, 9.17) is 5.11 Å². The standard InChI is InChI=1S/C13H11NO3/c15-11-6-7(13(16)17)5-10-12(11)8-3-1-2-4-9(8)14-10/h1-4,7,14H,5-6H2,(H,16,17). The zero-order valence-electron chi connectivity index (χ0n) is 9.06. The number of hydrogen-bond acceptors (Lipinski definition) is 2. The lowest BCUT2D eigenvalue weighted by molar-refractivity contribution is -0.141. The average molecular weight is 229 g/mol. The fraction of sp³-hybridized carbons (Fsp3) is 0.231. The number of para-hydroxylation sites is 1. The summed E-state index contributed by atoms with van der Waals surface area (Å²) in [6.45, 7) is 0. The van der Waals surface area contributed by atoms with Crippen LogP contribution in [0.2, 0.25) is 0 Å². The normalized spacial score (nSPS) is 19.3. The van der Waals surface area contributed by atoms with E-state index in [1.165, 1.54) is 0 Å². The largest absolute Gasteiger partial charge is 0.481 e. The number of nitrogens with one attached hydrogen (secondary N) is 1. The van der Waals surface area contributed by atoms with Crippen molar-refractivity contribution in [1.29, 1.82) is 0 Å². The van der Waals surface area contributed by atoms with Crippen LogP contribution in [0, 0.1) is 5.92 Å². The SMILES string of the molecule is O=C1CC(C(=O)O)Cc2[nH]c3ccccc3c21. The van der Waals surface area contributed by atoms with Crippen LogP contribution in [0.3, 0.4) is 0 Å². The van der Waals surface area contributed by atoms with Gasteiger partial charge in [-0.05, 0) is 6.07 Å². The molecule has 17 heavy (non-hydrogen) atoms. The lowest BCUT2D eigenvalue weighted by Crippen LogP contribution is -2.25. The Labute approximate surface area is 97.3 Å². The van der Waals surface area contributed by atoms with Gasteiger partial charge in [-0.1, -0.05) is 18.2 Å². The Balaban J connectivity index is 2.18. The van der Waals surface area contributed by atoms with Crippen LogP contribution >= 0.6 is 0 Å². The lowest BCUT2D eigenvalue weighted by Gasteiger charge is -2.17. The molecule has 2 aromatic rings. The van der Waals surface area contributed by atoms with Gasteiger partial charge in [-0.25, -0.2) is 0 Å². The quantitative estimate of drug-likeness (QED) is 0.785. The van der Waals surface area contributed by atoms with Crippen LogP contribution in [-0.2, 0) is 11.2 Å². The van der Waals surface area contributed by atoms with E-state index in [9.17, 15) is 9.59 Å². The van der Waals surface area contributed by atoms with Crippen LogP contribution in [0.15, 0.2) is 24.3 Å². The Morgan fingerprint density at radius 3 is 2.82 bits per heavy atom. The highest BCUT2D eigenvalue weighted by Gasteiger charge is 2.32. The average Bonchev–Trinajstić information content (AvgIpc) is 2.67. The maximum absolute atomic E-state index is 12.0. The molecule has 0 saturated carbocycles. The van der Waals surface area contributed by atoms with Crippen molar-refractivity contribution in [2.75, 3.05) is 0 Å². The summed E-state index contributed by atoms with van der Waals surface area (Å²) in [7, 11) is 0. The number of aromatic amines is 1. The predicted molar refractivity (Wildman–Crippen MR) is 62.1 cm³/mol. The second-order valence-electron chi connectivity index (χ2n) is 4.39. The third-order valence-electron chi connectivity index (χ3n) is 3.29. The maximum Gasteiger partial charge on any atom is 0.307 e. The van der Waals surface area contributed by atoms with Crippen LogP contribution in [0.5, 0.6) is 0 Å². The third-order valence-corrected chi connectivity index (χ3v) is 3.29. The molecule has 1 aliphatic carbocycles. The number of ketones is 1. The summed E-state index contributed by atoms with van der Waals surface area (Å²) in [5.41, 5.74) is 2.34. The van der Waals surface area contributed by atoms with Gasteiger partial charge in [0.25, 0.3) is 0 Å². The van der Waals surface area contributed by atoms with Gasteiger partial charge in [0, 0.05) is 35.0 Å². The highest BCUT2D eigenvalue weighted by atomic mass is 16.4. The molecule has 3 rings (SSSR count). The molecule has 1 aromatic heterocycles. The van der Waals surface area contributed by atoms with E-state index in [-0.39, 0.29) is 12.2 Å². The monoisotopic (exact) mass is 229 g/mol. The molecule has 2 N–H and O–H groups in total. The number of hydrogen-bond donors (Lipinski definition) is 2. The lowest BCUT2D eigenvalue weighted by atomic mass is 9.86. The van der Waals surface area contributed by atoms with Crippen molar-refractivity contribution >= 4 is 22.7 Å². The zero-order valence-corrected chi connectivity index (χ0v) is 9.06. The van der Waals surface area contributed by atoms with Crippen molar-refractivity contribution in [3.8, 4) is 0 Å². The molecular formula is C13H11NO3. The summed E-state index contributed by atoms with van der Waals surface area (Å²) < 4.78 is 0. The van der Waals surface area contributed by atoms with Gasteiger partial charge in [-0.15, -0.1) is 0 Å². The Kier molecular flexibility index (Phi) is 2.04. The van der Waals surface area contributed by atoms with Crippen molar-refractivity contribution < 1.29 is 14.7 Å². The minimum Gasteiger partial charge on any atom is -0.481 e. The molecule has 1 unspecified atom stereocenters. The van der Waals surface area contributed by atoms with Gasteiger partial charge in [-0.2, -0.15) is 0 Å². The van der Waals surface area contributed by atoms with Gasteiger partial charge in [0.1, 0.15) is 0 Å². The molecule has 4 nitrogen and oxygen atoms in total. The van der Waals surface area contributed by atoms with E-state index in [2.05, 4.69) is 4.98 Å². The summed E-state index contributed by atoms with van der Waals surface area (Å²) in [5, 5.41) is 9.89. The van der Waals surface area contributed by atoms with E-state index in [0.29, 0.717) is 12.0 Å². The topological polar surface area (TPSA) is 70.2 Å².